The van der Waals surface area contributed by atoms with Gasteiger partial charge in [0.25, 0.3) is 0 Å². The number of esters is 1. The van der Waals surface area contributed by atoms with Crippen LogP contribution in [0.5, 0.6) is 0 Å². The van der Waals surface area contributed by atoms with Crippen LogP contribution in [0.3, 0.4) is 0 Å². The number of hydrogen-bond donors (Lipinski definition) is 2. The largest absolute Gasteiger partial charge is 0.472 e. The number of likely N-dealkylation sites (N-methyl/N-ethyl adjacent to an activating group) is 1. The molecule has 0 aliphatic carbocycles. The highest BCUT2D eigenvalue weighted by atomic mass is 31.2. The molecule has 0 fully saturated rings. The summed E-state index contributed by atoms with van der Waals surface area (Å²) in [5.41, 5.74) is 0. The summed E-state index contributed by atoms with van der Waals surface area (Å²) >= 11 is 0. The summed E-state index contributed by atoms with van der Waals surface area (Å²) in [5.74, 6) is -0.486. The average Bonchev–Trinajstić information content (AvgIpc) is 3.43. The number of amides is 1. The van der Waals surface area contributed by atoms with E-state index in [-0.39, 0.29) is 25.1 Å². The van der Waals surface area contributed by atoms with E-state index < -0.39 is 20.0 Å². The number of phosphoric acid groups is 1. The quantitative estimate of drug-likeness (QED) is 0.0205. The Labute approximate surface area is 497 Å². The van der Waals surface area contributed by atoms with Gasteiger partial charge in [0.05, 0.1) is 33.8 Å². The summed E-state index contributed by atoms with van der Waals surface area (Å²) in [7, 11) is 1.51. The predicted octanol–water partition coefficient (Wildman–Crippen LogP) is 21.8. The first-order chi connectivity index (χ1) is 38.9. The molecule has 0 aromatic carbocycles. The number of allylic oxidation sites excluding steroid dienone is 5. The molecule has 0 rings (SSSR count). The van der Waals surface area contributed by atoms with Crippen LogP contribution >= 0.6 is 7.82 Å². The molecular formula is C70H136N2O7P+. The monoisotopic (exact) mass is 1150 g/mol. The third-order valence-corrected chi connectivity index (χ3v) is 16.8. The first kappa shape index (κ1) is 78.2. The maximum Gasteiger partial charge on any atom is 0.472 e. The highest BCUT2D eigenvalue weighted by molar-refractivity contribution is 7.47. The normalized spacial score (nSPS) is 13.7. The molecule has 0 heterocycles. The van der Waals surface area contributed by atoms with Crippen LogP contribution in [-0.2, 0) is 27.9 Å². The van der Waals surface area contributed by atoms with Crippen molar-refractivity contribution >= 4 is 19.7 Å². The van der Waals surface area contributed by atoms with E-state index in [0.29, 0.717) is 23.9 Å². The summed E-state index contributed by atoms with van der Waals surface area (Å²) in [6, 6.07) is -0.844. The number of unbranched alkanes of at least 4 members (excludes halogenated alkanes) is 44. The Morgan fingerprint density at radius 2 is 0.762 bits per heavy atom. The highest BCUT2D eigenvalue weighted by Gasteiger charge is 2.30. The van der Waals surface area contributed by atoms with Gasteiger partial charge in [0.15, 0.2) is 0 Å². The van der Waals surface area contributed by atoms with Gasteiger partial charge >= 0.3 is 13.8 Å². The standard InChI is InChI=1S/C70H135N2O7P/c1-7-10-13-16-19-22-25-28-30-32-34-35-36-37-39-41-43-45-48-51-54-57-60-63-70(74)79-68(61-58-55-52-49-46-27-24-21-18-15-12-9-3)67(66-78-80(75,76)77-65-64-72(4,5)6)71-69(73)62-59-56-53-50-47-44-42-40-38-33-31-29-26-23-20-17-14-11-8-2/h19,22,28,30,58,61,67-68H,7-18,20-21,23-27,29,31-57,59-60,62-66H2,1-6H3,(H-,71,73,75,76)/p+1/b22-19-,30-28-,61-58+. The molecule has 0 aromatic rings. The van der Waals surface area contributed by atoms with Gasteiger partial charge in [-0.1, -0.05) is 308 Å². The van der Waals surface area contributed by atoms with Gasteiger partial charge in [-0.25, -0.2) is 4.57 Å². The summed E-state index contributed by atoms with van der Waals surface area (Å²) < 4.78 is 30.8. The summed E-state index contributed by atoms with van der Waals surface area (Å²) in [6.45, 7) is 7.05. The Morgan fingerprint density at radius 1 is 0.438 bits per heavy atom. The number of quaternary nitrogens is 1. The molecule has 0 aliphatic heterocycles. The lowest BCUT2D eigenvalue weighted by Gasteiger charge is -2.27. The van der Waals surface area contributed by atoms with Crippen LogP contribution in [0.2, 0.25) is 0 Å². The van der Waals surface area contributed by atoms with E-state index in [1.54, 1.807) is 0 Å². The third kappa shape index (κ3) is 60.8. The van der Waals surface area contributed by atoms with E-state index in [0.717, 1.165) is 64.2 Å². The fourth-order valence-electron chi connectivity index (χ4n) is 10.4. The molecule has 0 aromatic heterocycles. The first-order valence-electron chi connectivity index (χ1n) is 34.8. The number of carbonyl (C=O) groups excluding carboxylic acids is 2. The smallest absolute Gasteiger partial charge is 0.456 e. The van der Waals surface area contributed by atoms with Crippen molar-refractivity contribution in [2.75, 3.05) is 40.9 Å². The second-order valence-corrected chi connectivity index (χ2v) is 26.5. The minimum atomic E-state index is -4.45. The highest BCUT2D eigenvalue weighted by Crippen LogP contribution is 2.43. The fraction of sp³-hybridized carbons (Fsp3) is 0.886. The molecule has 3 unspecified atom stereocenters. The Morgan fingerprint density at radius 3 is 1.15 bits per heavy atom. The first-order valence-corrected chi connectivity index (χ1v) is 36.3. The van der Waals surface area contributed by atoms with Crippen LogP contribution in [0.15, 0.2) is 36.5 Å². The lowest BCUT2D eigenvalue weighted by Crippen LogP contribution is -2.47. The predicted molar refractivity (Wildman–Crippen MR) is 346 cm³/mol. The van der Waals surface area contributed by atoms with Crippen molar-refractivity contribution < 1.29 is 37.3 Å². The minimum absolute atomic E-state index is 0.0433. The minimum Gasteiger partial charge on any atom is -0.456 e. The number of ether oxygens (including phenoxy) is 1. The molecule has 2 N–H and O–H groups in total. The molecule has 0 bridgehead atoms. The summed E-state index contributed by atoms with van der Waals surface area (Å²) in [6.07, 6.45) is 74.3. The molecule has 1 amide bonds. The molecule has 0 radical (unpaired) electrons. The molecule has 3 atom stereocenters. The van der Waals surface area contributed by atoms with Crippen LogP contribution in [0.25, 0.3) is 0 Å². The number of phosphoric ester groups is 1. The van der Waals surface area contributed by atoms with E-state index in [2.05, 4.69) is 50.4 Å². The van der Waals surface area contributed by atoms with Crippen LogP contribution in [0, 0.1) is 0 Å². The van der Waals surface area contributed by atoms with Gasteiger partial charge in [0.1, 0.15) is 19.3 Å². The van der Waals surface area contributed by atoms with E-state index in [1.165, 1.54) is 250 Å². The van der Waals surface area contributed by atoms with Crippen molar-refractivity contribution in [2.24, 2.45) is 0 Å². The van der Waals surface area contributed by atoms with E-state index >= 15 is 0 Å². The van der Waals surface area contributed by atoms with Gasteiger partial charge in [0, 0.05) is 12.8 Å². The van der Waals surface area contributed by atoms with Crippen molar-refractivity contribution in [3.63, 3.8) is 0 Å². The molecule has 9 nitrogen and oxygen atoms in total. The lowest BCUT2D eigenvalue weighted by atomic mass is 10.0. The maximum absolute atomic E-state index is 13.6. The van der Waals surface area contributed by atoms with Gasteiger partial charge in [-0.05, 0) is 63.9 Å². The SMILES string of the molecule is CCCCC/C=C\C/C=C\CCCCCCCCCCCCCCCC(=O)OC(/C=C/CCCCCCCCCCCC)C(COP(=O)(O)OCC[N+](C)(C)C)NC(=O)CCCCCCCCCCCCCCCCCCCCC. The van der Waals surface area contributed by atoms with E-state index in [1.807, 2.05) is 33.3 Å². The van der Waals surface area contributed by atoms with Crippen molar-refractivity contribution in [1.29, 1.82) is 0 Å². The second kappa shape index (κ2) is 60.4. The average molecular weight is 1150 g/mol. The lowest BCUT2D eigenvalue weighted by molar-refractivity contribution is -0.870. The van der Waals surface area contributed by atoms with Crippen LogP contribution in [0.1, 0.15) is 348 Å². The summed E-state index contributed by atoms with van der Waals surface area (Å²) in [4.78, 5) is 37.9. The molecular weight excluding hydrogens is 1010 g/mol. The molecule has 0 saturated heterocycles. The zero-order valence-electron chi connectivity index (χ0n) is 54.1. The van der Waals surface area contributed by atoms with E-state index in [4.69, 9.17) is 13.8 Å². The maximum atomic E-state index is 13.6. The molecule has 0 saturated carbocycles. The Bertz CT molecular complexity index is 1460. The van der Waals surface area contributed by atoms with Crippen molar-refractivity contribution in [3.05, 3.63) is 36.5 Å². The Kier molecular flexibility index (Phi) is 59.0. The van der Waals surface area contributed by atoms with E-state index in [9.17, 15) is 19.0 Å². The van der Waals surface area contributed by atoms with Gasteiger partial charge in [0.2, 0.25) is 5.91 Å². The molecule has 472 valence electrons. The van der Waals surface area contributed by atoms with Crippen molar-refractivity contribution in [3.8, 4) is 0 Å². The van der Waals surface area contributed by atoms with Gasteiger partial charge in [-0.15, -0.1) is 0 Å². The van der Waals surface area contributed by atoms with Crippen LogP contribution in [-0.4, -0.2) is 74.3 Å². The zero-order valence-corrected chi connectivity index (χ0v) is 55.0. The summed E-state index contributed by atoms with van der Waals surface area (Å²) in [5, 5.41) is 3.07. The van der Waals surface area contributed by atoms with Gasteiger partial charge < -0.3 is 19.4 Å². The Balaban J connectivity index is 5.07. The number of nitrogens with one attached hydrogen (secondary N) is 1. The van der Waals surface area contributed by atoms with Crippen LogP contribution < -0.4 is 5.32 Å². The number of nitrogens with zero attached hydrogens (tertiary/aromatic N) is 1. The van der Waals surface area contributed by atoms with Gasteiger partial charge in [-0.3, -0.25) is 18.6 Å². The third-order valence-electron chi connectivity index (χ3n) is 15.8. The Hall–Kier alpha value is -1.77. The topological polar surface area (TPSA) is 111 Å². The fourth-order valence-corrected chi connectivity index (χ4v) is 11.2. The molecule has 80 heavy (non-hydrogen) atoms. The van der Waals surface area contributed by atoms with Gasteiger partial charge in [-0.2, -0.15) is 0 Å². The second-order valence-electron chi connectivity index (χ2n) is 25.1. The molecule has 0 aliphatic rings. The van der Waals surface area contributed by atoms with Crippen LogP contribution in [0.4, 0.5) is 0 Å². The number of hydrogen-bond acceptors (Lipinski definition) is 6. The van der Waals surface area contributed by atoms with Crippen molar-refractivity contribution in [1.82, 2.24) is 5.32 Å². The molecule has 0 spiro atoms. The zero-order chi connectivity index (χ0) is 58.6. The number of rotatable bonds is 64. The number of carbonyl (C=O) groups is 2. The molecule has 10 heteroatoms. The van der Waals surface area contributed by atoms with Crippen molar-refractivity contribution in [2.45, 2.75) is 360 Å².